The third-order valence-corrected chi connectivity index (χ3v) is 4.25. The Hall–Kier alpha value is -0.970. The van der Waals surface area contributed by atoms with Crippen molar-refractivity contribution in [3.8, 4) is 0 Å². The van der Waals surface area contributed by atoms with Gasteiger partial charge in [0.1, 0.15) is 5.82 Å². The van der Waals surface area contributed by atoms with Gasteiger partial charge in [-0.15, -0.1) is 0 Å². The van der Waals surface area contributed by atoms with E-state index in [0.717, 1.165) is 25.7 Å². The van der Waals surface area contributed by atoms with Crippen molar-refractivity contribution in [3.05, 3.63) is 35.6 Å². The molecule has 0 N–H and O–H groups in total. The lowest BCUT2D eigenvalue weighted by Crippen LogP contribution is -2.36. The Bertz CT molecular complexity index is 433. The molecule has 1 aromatic rings. The minimum absolute atomic E-state index is 0.192. The predicted molar refractivity (Wildman–Crippen MR) is 72.6 cm³/mol. The molecule has 1 aliphatic heterocycles. The Morgan fingerprint density at radius 3 is 2.55 bits per heavy atom. The molecule has 1 aromatic carbocycles. The molecule has 0 amide bonds. The molecule has 20 heavy (non-hydrogen) atoms. The molecule has 0 bridgehead atoms. The van der Waals surface area contributed by atoms with E-state index in [1.807, 2.05) is 6.07 Å². The van der Waals surface area contributed by atoms with Crippen molar-refractivity contribution in [2.45, 2.75) is 38.1 Å². The first kappa shape index (κ1) is 14.0. The zero-order valence-electron chi connectivity index (χ0n) is 11.6. The molecule has 4 heteroatoms. The summed E-state index contributed by atoms with van der Waals surface area (Å²) in [4.78, 5) is 0. The summed E-state index contributed by atoms with van der Waals surface area (Å²) in [6.07, 6.45) is 4.00. The predicted octanol–water partition coefficient (Wildman–Crippen LogP) is 3.28. The number of hydrogen-bond acceptors (Lipinski definition) is 3. The molecule has 2 fully saturated rings. The fourth-order valence-electron chi connectivity index (χ4n) is 3.02. The van der Waals surface area contributed by atoms with Gasteiger partial charge in [-0.1, -0.05) is 18.2 Å². The highest BCUT2D eigenvalue weighted by atomic mass is 19.1. The third kappa shape index (κ3) is 3.19. The van der Waals surface area contributed by atoms with Crippen LogP contribution in [0, 0.1) is 11.7 Å². The first-order chi connectivity index (χ1) is 9.77. The molecule has 1 saturated heterocycles. The molecular formula is C16H21FO3. The highest BCUT2D eigenvalue weighted by Crippen LogP contribution is 2.38. The number of benzene rings is 1. The standard InChI is InChI=1S/C16H21FO3/c17-15-4-2-1-3-14(15)12-18-11-13-5-7-16(8-6-13)19-9-10-20-16/h1-4,13H,5-12H2. The van der Waals surface area contributed by atoms with Crippen LogP contribution in [-0.4, -0.2) is 25.6 Å². The van der Waals surface area contributed by atoms with Crippen molar-refractivity contribution in [3.63, 3.8) is 0 Å². The third-order valence-electron chi connectivity index (χ3n) is 4.25. The van der Waals surface area contributed by atoms with Gasteiger partial charge in [-0.2, -0.15) is 0 Å². The molecule has 0 aromatic heterocycles. The van der Waals surface area contributed by atoms with Crippen molar-refractivity contribution in [1.82, 2.24) is 0 Å². The zero-order chi connectivity index (χ0) is 13.8. The number of ether oxygens (including phenoxy) is 3. The minimum atomic E-state index is -0.304. The fraction of sp³-hybridized carbons (Fsp3) is 0.625. The Labute approximate surface area is 119 Å². The van der Waals surface area contributed by atoms with E-state index < -0.39 is 0 Å². The lowest BCUT2D eigenvalue weighted by Gasteiger charge is -2.35. The van der Waals surface area contributed by atoms with Crippen LogP contribution in [-0.2, 0) is 20.8 Å². The normalized spacial score (nSPS) is 22.4. The summed E-state index contributed by atoms with van der Waals surface area (Å²) in [5.74, 6) is 0.0326. The summed E-state index contributed by atoms with van der Waals surface area (Å²) < 4.78 is 30.5. The van der Waals surface area contributed by atoms with E-state index in [4.69, 9.17) is 14.2 Å². The van der Waals surface area contributed by atoms with Gasteiger partial charge in [0.25, 0.3) is 0 Å². The topological polar surface area (TPSA) is 27.7 Å². The number of halogens is 1. The molecule has 3 rings (SSSR count). The lowest BCUT2D eigenvalue weighted by molar-refractivity contribution is -0.184. The summed E-state index contributed by atoms with van der Waals surface area (Å²) in [5.41, 5.74) is 0.627. The zero-order valence-corrected chi connectivity index (χ0v) is 11.6. The van der Waals surface area contributed by atoms with E-state index in [0.29, 0.717) is 37.9 Å². The highest BCUT2D eigenvalue weighted by molar-refractivity contribution is 5.16. The lowest BCUT2D eigenvalue weighted by atomic mass is 9.85. The molecule has 0 atom stereocenters. The quantitative estimate of drug-likeness (QED) is 0.847. The molecule has 110 valence electrons. The van der Waals surface area contributed by atoms with Crippen molar-refractivity contribution in [1.29, 1.82) is 0 Å². The van der Waals surface area contributed by atoms with Gasteiger partial charge in [0.2, 0.25) is 0 Å². The highest BCUT2D eigenvalue weighted by Gasteiger charge is 2.40. The van der Waals surface area contributed by atoms with Crippen molar-refractivity contribution in [2.75, 3.05) is 19.8 Å². The summed E-state index contributed by atoms with van der Waals surface area (Å²) in [6.45, 7) is 2.47. The summed E-state index contributed by atoms with van der Waals surface area (Å²) >= 11 is 0. The Morgan fingerprint density at radius 2 is 1.85 bits per heavy atom. The maximum atomic E-state index is 13.4. The fourth-order valence-corrected chi connectivity index (χ4v) is 3.02. The summed E-state index contributed by atoms with van der Waals surface area (Å²) in [7, 11) is 0. The molecule has 0 unspecified atom stereocenters. The van der Waals surface area contributed by atoms with E-state index in [9.17, 15) is 4.39 Å². The van der Waals surface area contributed by atoms with Gasteiger partial charge < -0.3 is 14.2 Å². The van der Waals surface area contributed by atoms with Crippen LogP contribution < -0.4 is 0 Å². The monoisotopic (exact) mass is 280 g/mol. The average molecular weight is 280 g/mol. The molecule has 0 radical (unpaired) electrons. The van der Waals surface area contributed by atoms with Crippen molar-refractivity contribution < 1.29 is 18.6 Å². The Kier molecular flexibility index (Phi) is 4.34. The maximum absolute atomic E-state index is 13.4. The van der Waals surface area contributed by atoms with Gasteiger partial charge in [0.05, 0.1) is 19.8 Å². The van der Waals surface area contributed by atoms with E-state index in [1.165, 1.54) is 6.07 Å². The average Bonchev–Trinajstić information content (AvgIpc) is 2.92. The SMILES string of the molecule is Fc1ccccc1COCC1CCC2(CC1)OCCO2. The van der Waals surface area contributed by atoms with Crippen molar-refractivity contribution in [2.24, 2.45) is 5.92 Å². The molecule has 1 heterocycles. The molecule has 3 nitrogen and oxygen atoms in total. The van der Waals surface area contributed by atoms with Gasteiger partial charge >= 0.3 is 0 Å². The van der Waals surface area contributed by atoms with Crippen LogP contribution in [0.1, 0.15) is 31.2 Å². The van der Waals surface area contributed by atoms with Crippen LogP contribution in [0.4, 0.5) is 4.39 Å². The molecule has 1 spiro atoms. The molecule has 1 aliphatic carbocycles. The van der Waals surface area contributed by atoms with Crippen LogP contribution in [0.25, 0.3) is 0 Å². The molecule has 2 aliphatic rings. The van der Waals surface area contributed by atoms with E-state index in [-0.39, 0.29) is 11.6 Å². The minimum Gasteiger partial charge on any atom is -0.376 e. The van der Waals surface area contributed by atoms with Gasteiger partial charge in [-0.3, -0.25) is 0 Å². The summed E-state index contributed by atoms with van der Waals surface area (Å²) in [6, 6.07) is 6.77. The first-order valence-corrected chi connectivity index (χ1v) is 7.36. The van der Waals surface area contributed by atoms with Crippen LogP contribution in [0.15, 0.2) is 24.3 Å². The molecule has 1 saturated carbocycles. The second-order valence-corrected chi connectivity index (χ2v) is 5.66. The smallest absolute Gasteiger partial charge is 0.168 e. The van der Waals surface area contributed by atoms with Gasteiger partial charge in [0, 0.05) is 25.0 Å². The second-order valence-electron chi connectivity index (χ2n) is 5.66. The van der Waals surface area contributed by atoms with Crippen LogP contribution in [0.5, 0.6) is 0 Å². The van der Waals surface area contributed by atoms with E-state index in [2.05, 4.69) is 0 Å². The molecular weight excluding hydrogens is 259 g/mol. The number of rotatable bonds is 4. The largest absolute Gasteiger partial charge is 0.376 e. The van der Waals surface area contributed by atoms with E-state index in [1.54, 1.807) is 12.1 Å². The van der Waals surface area contributed by atoms with Gasteiger partial charge in [-0.25, -0.2) is 4.39 Å². The van der Waals surface area contributed by atoms with Crippen LogP contribution in [0.3, 0.4) is 0 Å². The van der Waals surface area contributed by atoms with E-state index >= 15 is 0 Å². The van der Waals surface area contributed by atoms with Crippen molar-refractivity contribution >= 4 is 0 Å². The maximum Gasteiger partial charge on any atom is 0.168 e. The Balaban J connectivity index is 1.41. The van der Waals surface area contributed by atoms with Crippen LogP contribution in [0.2, 0.25) is 0 Å². The first-order valence-electron chi connectivity index (χ1n) is 7.36. The number of hydrogen-bond donors (Lipinski definition) is 0. The van der Waals surface area contributed by atoms with Crippen LogP contribution >= 0.6 is 0 Å². The Morgan fingerprint density at radius 1 is 1.15 bits per heavy atom. The summed E-state index contributed by atoms with van der Waals surface area (Å²) in [5, 5.41) is 0. The van der Waals surface area contributed by atoms with Gasteiger partial charge in [-0.05, 0) is 24.8 Å². The van der Waals surface area contributed by atoms with Gasteiger partial charge in [0.15, 0.2) is 5.79 Å². The second kappa shape index (κ2) is 6.20.